The van der Waals surface area contributed by atoms with Gasteiger partial charge in [0.15, 0.2) is 0 Å². The van der Waals surface area contributed by atoms with Crippen molar-refractivity contribution in [1.82, 2.24) is 16.0 Å². The van der Waals surface area contributed by atoms with Crippen LogP contribution in [-0.4, -0.2) is 76.2 Å². The summed E-state index contributed by atoms with van der Waals surface area (Å²) in [5.74, 6) is -6.05. The lowest BCUT2D eigenvalue weighted by Crippen LogP contribution is -2.57. The van der Waals surface area contributed by atoms with Crippen LogP contribution in [0.25, 0.3) is 0 Å². The molecule has 0 bridgehead atoms. The highest BCUT2D eigenvalue weighted by atomic mass is 32.1. The summed E-state index contributed by atoms with van der Waals surface area (Å²) in [6, 6.07) is -3.99. The van der Waals surface area contributed by atoms with Crippen molar-refractivity contribution in [2.45, 2.75) is 43.8 Å². The third-order valence-electron chi connectivity index (χ3n) is 3.59. The van der Waals surface area contributed by atoms with Crippen LogP contribution < -0.4 is 27.4 Å². The van der Waals surface area contributed by atoms with Crippen LogP contribution in [0.15, 0.2) is 0 Å². The molecule has 0 spiro atoms. The molecule has 13 nitrogen and oxygen atoms in total. The molecule has 0 aliphatic heterocycles. The maximum atomic E-state index is 12.4. The minimum Gasteiger partial charge on any atom is -0.481 e. The van der Waals surface area contributed by atoms with Crippen molar-refractivity contribution in [3.05, 3.63) is 0 Å². The summed E-state index contributed by atoms with van der Waals surface area (Å²) >= 11 is 3.93. The Morgan fingerprint density at radius 3 is 1.79 bits per heavy atom. The summed E-state index contributed by atoms with van der Waals surface area (Å²) in [5.41, 5.74) is 10.2. The number of nitrogens with two attached hydrogens (primary N) is 2. The molecule has 0 aromatic heterocycles. The first-order chi connectivity index (χ1) is 13.5. The van der Waals surface area contributed by atoms with Crippen LogP contribution in [0.4, 0.5) is 0 Å². The van der Waals surface area contributed by atoms with Gasteiger partial charge < -0.3 is 37.6 Å². The lowest BCUT2D eigenvalue weighted by Gasteiger charge is -2.23. The van der Waals surface area contributed by atoms with E-state index >= 15 is 0 Å². The van der Waals surface area contributed by atoms with Crippen LogP contribution >= 0.6 is 12.6 Å². The predicted octanol–water partition coefficient (Wildman–Crippen LogP) is -3.46. The van der Waals surface area contributed by atoms with Crippen LogP contribution in [0, 0.1) is 0 Å². The molecule has 3 unspecified atom stereocenters. The Morgan fingerprint density at radius 2 is 1.34 bits per heavy atom. The Hall–Kier alpha value is -2.87. The van der Waals surface area contributed by atoms with E-state index in [4.69, 9.17) is 21.7 Å². The smallest absolute Gasteiger partial charge is 0.326 e. The quantitative estimate of drug-likeness (QED) is 0.127. The lowest BCUT2D eigenvalue weighted by molar-refractivity contribution is -0.143. The van der Waals surface area contributed by atoms with Crippen LogP contribution in [0.3, 0.4) is 0 Å². The molecule has 0 saturated carbocycles. The maximum Gasteiger partial charge on any atom is 0.326 e. The molecule has 4 amide bonds. The zero-order valence-corrected chi connectivity index (χ0v) is 16.3. The predicted molar refractivity (Wildman–Crippen MR) is 102 cm³/mol. The van der Waals surface area contributed by atoms with Crippen molar-refractivity contribution < 1.29 is 39.0 Å². The van der Waals surface area contributed by atoms with Gasteiger partial charge in [0.05, 0.1) is 6.54 Å². The van der Waals surface area contributed by atoms with Gasteiger partial charge in [0.1, 0.15) is 18.1 Å². The van der Waals surface area contributed by atoms with Gasteiger partial charge >= 0.3 is 11.9 Å². The maximum absolute atomic E-state index is 12.4. The number of carboxylic acids is 2. The summed E-state index contributed by atoms with van der Waals surface area (Å²) in [4.78, 5) is 68.8. The number of hydrogen-bond acceptors (Lipinski definition) is 8. The van der Waals surface area contributed by atoms with Crippen LogP contribution in [0.5, 0.6) is 0 Å². The summed E-state index contributed by atoms with van der Waals surface area (Å²) < 4.78 is 0. The van der Waals surface area contributed by atoms with E-state index in [1.165, 1.54) is 0 Å². The Balaban J connectivity index is 5.10. The number of amides is 4. The van der Waals surface area contributed by atoms with Crippen LogP contribution in [0.1, 0.15) is 25.7 Å². The second-order valence-electron chi connectivity index (χ2n) is 5.90. The summed E-state index contributed by atoms with van der Waals surface area (Å²) in [6.45, 7) is -0.416. The van der Waals surface area contributed by atoms with Gasteiger partial charge in [-0.15, -0.1) is 0 Å². The molecule has 0 radical (unpaired) electrons. The molecule has 164 valence electrons. The second-order valence-corrected chi connectivity index (χ2v) is 6.27. The molecule has 0 saturated heterocycles. The summed E-state index contributed by atoms with van der Waals surface area (Å²) in [6.07, 6.45) is -1.23. The first-order valence-electron chi connectivity index (χ1n) is 8.45. The Bertz CT molecular complexity index is 644. The zero-order valence-electron chi connectivity index (χ0n) is 15.4. The number of rotatable bonds is 14. The Kier molecular flexibility index (Phi) is 12.0. The number of carbonyl (C=O) groups excluding carboxylic acids is 4. The number of aliphatic carboxylic acids is 2. The SMILES string of the molecule is NCC(=O)NC(CCC(N)=O)C(=O)NC(CS)C(=O)NC(CCC(=O)O)C(=O)O. The van der Waals surface area contributed by atoms with E-state index < -0.39 is 66.7 Å². The molecule has 0 aromatic carbocycles. The zero-order chi connectivity index (χ0) is 22.6. The Morgan fingerprint density at radius 1 is 0.828 bits per heavy atom. The van der Waals surface area contributed by atoms with Gasteiger partial charge in [-0.25, -0.2) is 4.79 Å². The van der Waals surface area contributed by atoms with E-state index in [2.05, 4.69) is 28.6 Å². The van der Waals surface area contributed by atoms with Gasteiger partial charge in [-0.3, -0.25) is 24.0 Å². The fourth-order valence-electron chi connectivity index (χ4n) is 2.07. The average Bonchev–Trinajstić information content (AvgIpc) is 2.64. The minimum atomic E-state index is -1.49. The van der Waals surface area contributed by atoms with Crippen molar-refractivity contribution in [2.24, 2.45) is 11.5 Å². The molecule has 0 aromatic rings. The van der Waals surface area contributed by atoms with Crippen LogP contribution in [0.2, 0.25) is 0 Å². The fraction of sp³-hybridized carbons (Fsp3) is 0.600. The number of thiol groups is 1. The molecule has 0 aliphatic carbocycles. The van der Waals surface area contributed by atoms with E-state index in [1.807, 2.05) is 0 Å². The molecule has 29 heavy (non-hydrogen) atoms. The first-order valence-corrected chi connectivity index (χ1v) is 9.09. The second kappa shape index (κ2) is 13.3. The van der Waals surface area contributed by atoms with Crippen LogP contribution in [-0.2, 0) is 28.8 Å². The summed E-state index contributed by atoms with van der Waals surface area (Å²) in [5, 5.41) is 24.4. The highest BCUT2D eigenvalue weighted by Gasteiger charge is 2.29. The van der Waals surface area contributed by atoms with Gasteiger partial charge in [-0.05, 0) is 12.8 Å². The van der Waals surface area contributed by atoms with Crippen molar-refractivity contribution in [3.8, 4) is 0 Å². The van der Waals surface area contributed by atoms with E-state index in [0.717, 1.165) is 0 Å². The molecule has 3 atom stereocenters. The standard InChI is InChI=1S/C15H25N5O8S/c16-5-11(22)18-7(1-3-10(17)21)13(25)20-9(6-29)14(26)19-8(15(27)28)2-4-12(23)24/h7-9,29H,1-6,16H2,(H2,17,21)(H,18,22)(H,19,26)(H,20,25)(H,23,24)(H,27,28). The van der Waals surface area contributed by atoms with E-state index in [1.54, 1.807) is 0 Å². The van der Waals surface area contributed by atoms with Gasteiger partial charge in [-0.1, -0.05) is 0 Å². The largest absolute Gasteiger partial charge is 0.481 e. The molecular formula is C15H25N5O8S. The number of primary amides is 1. The number of nitrogens with one attached hydrogen (secondary N) is 3. The van der Waals surface area contributed by atoms with E-state index in [9.17, 15) is 28.8 Å². The molecule has 0 aliphatic rings. The third-order valence-corrected chi connectivity index (χ3v) is 3.96. The van der Waals surface area contributed by atoms with Crippen molar-refractivity contribution in [1.29, 1.82) is 0 Å². The lowest BCUT2D eigenvalue weighted by atomic mass is 10.1. The normalized spacial score (nSPS) is 13.4. The molecule has 0 heterocycles. The monoisotopic (exact) mass is 435 g/mol. The van der Waals surface area contributed by atoms with Gasteiger partial charge in [0, 0.05) is 18.6 Å². The average molecular weight is 435 g/mol. The van der Waals surface area contributed by atoms with E-state index in [-0.39, 0.29) is 25.0 Å². The van der Waals surface area contributed by atoms with Crippen molar-refractivity contribution in [3.63, 3.8) is 0 Å². The molecular weight excluding hydrogens is 410 g/mol. The number of carboxylic acid groups (broad SMARTS) is 2. The number of hydrogen-bond donors (Lipinski definition) is 8. The van der Waals surface area contributed by atoms with Gasteiger partial charge in [0.25, 0.3) is 0 Å². The fourth-order valence-corrected chi connectivity index (χ4v) is 2.33. The molecule has 9 N–H and O–H groups in total. The number of carbonyl (C=O) groups is 6. The van der Waals surface area contributed by atoms with E-state index in [0.29, 0.717) is 0 Å². The topological polar surface area (TPSA) is 231 Å². The molecule has 0 fully saturated rings. The van der Waals surface area contributed by atoms with Gasteiger partial charge in [-0.2, -0.15) is 12.6 Å². The molecule has 14 heteroatoms. The minimum absolute atomic E-state index is 0.149. The third kappa shape index (κ3) is 10.9. The van der Waals surface area contributed by atoms with Crippen molar-refractivity contribution in [2.75, 3.05) is 12.3 Å². The highest BCUT2D eigenvalue weighted by molar-refractivity contribution is 7.80. The summed E-state index contributed by atoms with van der Waals surface area (Å²) in [7, 11) is 0. The first kappa shape index (κ1) is 26.1. The Labute approximate surface area is 171 Å². The molecule has 0 rings (SSSR count). The van der Waals surface area contributed by atoms with Gasteiger partial charge in [0.2, 0.25) is 23.6 Å². The highest BCUT2D eigenvalue weighted by Crippen LogP contribution is 2.02. The van der Waals surface area contributed by atoms with Crippen molar-refractivity contribution >= 4 is 48.2 Å².